The first-order valence-electron chi connectivity index (χ1n) is 4.69. The Morgan fingerprint density at radius 3 is 2.00 bits per heavy atom. The van der Waals surface area contributed by atoms with E-state index in [1.165, 1.54) is 0 Å². The van der Waals surface area contributed by atoms with Crippen LogP contribution >= 0.6 is 0 Å². The molecule has 4 heteroatoms. The van der Waals surface area contributed by atoms with Gasteiger partial charge >= 0.3 is 0 Å². The molecule has 0 aromatic carbocycles. The van der Waals surface area contributed by atoms with Gasteiger partial charge in [0.05, 0.1) is 21.1 Å². The Bertz CT molecular complexity index is 165. The maximum absolute atomic E-state index is 12.8. The van der Waals surface area contributed by atoms with E-state index in [9.17, 15) is 8.78 Å². The molecule has 1 heterocycles. The van der Waals surface area contributed by atoms with Crippen molar-refractivity contribution < 1.29 is 13.3 Å². The Morgan fingerprint density at radius 2 is 1.62 bits per heavy atom. The molecule has 0 saturated carbocycles. The van der Waals surface area contributed by atoms with Crippen LogP contribution in [0.5, 0.6) is 0 Å². The summed E-state index contributed by atoms with van der Waals surface area (Å²) in [6, 6.07) is 0. The zero-order chi connectivity index (χ0) is 10.1. The third-order valence-corrected chi connectivity index (χ3v) is 2.21. The molecular formula is C9H19F2N2+. The molecule has 0 atom stereocenters. The maximum Gasteiger partial charge on any atom is 0.250 e. The number of halogens is 2. The van der Waals surface area contributed by atoms with Gasteiger partial charge in [-0.2, -0.15) is 0 Å². The second-order valence-electron chi connectivity index (χ2n) is 4.91. The summed E-state index contributed by atoms with van der Waals surface area (Å²) in [5.41, 5.74) is 0. The highest BCUT2D eigenvalue weighted by Crippen LogP contribution is 2.27. The number of hydrogen-bond acceptors (Lipinski definition) is 1. The number of rotatable bonds is 2. The molecule has 13 heavy (non-hydrogen) atoms. The van der Waals surface area contributed by atoms with Crippen LogP contribution in [-0.4, -0.2) is 56.2 Å². The summed E-state index contributed by atoms with van der Waals surface area (Å²) in [7, 11) is 6.23. The van der Waals surface area contributed by atoms with E-state index in [0.29, 0.717) is 13.1 Å². The van der Waals surface area contributed by atoms with Crippen LogP contribution in [0.4, 0.5) is 8.78 Å². The normalized spacial score (nSPS) is 24.7. The van der Waals surface area contributed by atoms with E-state index < -0.39 is 5.92 Å². The molecule has 1 aliphatic heterocycles. The minimum atomic E-state index is -2.42. The fraction of sp³-hybridized carbons (Fsp3) is 1.00. The molecule has 0 N–H and O–H groups in total. The molecular weight excluding hydrogens is 174 g/mol. The van der Waals surface area contributed by atoms with Crippen LogP contribution < -0.4 is 0 Å². The number of quaternary nitrogens is 1. The van der Waals surface area contributed by atoms with Gasteiger partial charge in [0.25, 0.3) is 5.92 Å². The van der Waals surface area contributed by atoms with Gasteiger partial charge in [0.1, 0.15) is 6.67 Å². The Balaban J connectivity index is 2.34. The average molecular weight is 193 g/mol. The lowest BCUT2D eigenvalue weighted by Gasteiger charge is -2.36. The van der Waals surface area contributed by atoms with Crippen molar-refractivity contribution in [3.05, 3.63) is 0 Å². The van der Waals surface area contributed by atoms with Crippen molar-refractivity contribution in [1.29, 1.82) is 0 Å². The number of nitrogens with zero attached hydrogens (tertiary/aromatic N) is 2. The van der Waals surface area contributed by atoms with Crippen LogP contribution in [0.25, 0.3) is 0 Å². The van der Waals surface area contributed by atoms with Gasteiger partial charge in [-0.05, 0) is 0 Å². The maximum atomic E-state index is 12.8. The predicted molar refractivity (Wildman–Crippen MR) is 48.7 cm³/mol. The molecule has 0 aromatic heterocycles. The molecule has 0 spiro atoms. The van der Waals surface area contributed by atoms with E-state index in [-0.39, 0.29) is 12.8 Å². The zero-order valence-electron chi connectivity index (χ0n) is 8.69. The molecule has 1 saturated heterocycles. The lowest BCUT2D eigenvalue weighted by Crippen LogP contribution is -2.49. The molecule has 0 aromatic rings. The minimum absolute atomic E-state index is 0.0208. The summed E-state index contributed by atoms with van der Waals surface area (Å²) in [6.07, 6.45) is 0.0417. The molecule has 0 unspecified atom stereocenters. The summed E-state index contributed by atoms with van der Waals surface area (Å²) in [5.74, 6) is -2.42. The Labute approximate surface area is 78.7 Å². The van der Waals surface area contributed by atoms with Crippen molar-refractivity contribution in [3.63, 3.8) is 0 Å². The predicted octanol–water partition coefficient (Wildman–Crippen LogP) is 1.38. The Hall–Kier alpha value is -0.220. The van der Waals surface area contributed by atoms with E-state index in [2.05, 4.69) is 26.0 Å². The molecule has 78 valence electrons. The van der Waals surface area contributed by atoms with E-state index in [0.717, 1.165) is 11.2 Å². The van der Waals surface area contributed by atoms with Gasteiger partial charge in [-0.1, -0.05) is 0 Å². The fourth-order valence-electron chi connectivity index (χ4n) is 1.62. The van der Waals surface area contributed by atoms with E-state index >= 15 is 0 Å². The third-order valence-electron chi connectivity index (χ3n) is 2.21. The van der Waals surface area contributed by atoms with Gasteiger partial charge in [0, 0.05) is 25.9 Å². The first-order valence-corrected chi connectivity index (χ1v) is 4.69. The lowest BCUT2D eigenvalue weighted by molar-refractivity contribution is -0.881. The molecule has 1 aliphatic rings. The van der Waals surface area contributed by atoms with Gasteiger partial charge in [0.2, 0.25) is 0 Å². The van der Waals surface area contributed by atoms with Crippen molar-refractivity contribution in [3.8, 4) is 0 Å². The highest BCUT2D eigenvalue weighted by molar-refractivity contribution is 4.75. The van der Waals surface area contributed by atoms with Crippen molar-refractivity contribution in [2.75, 3.05) is 40.9 Å². The van der Waals surface area contributed by atoms with Crippen LogP contribution in [0.2, 0.25) is 0 Å². The van der Waals surface area contributed by atoms with E-state index in [1.807, 2.05) is 0 Å². The molecule has 0 amide bonds. The number of likely N-dealkylation sites (tertiary alicyclic amines) is 1. The highest BCUT2D eigenvalue weighted by atomic mass is 19.3. The third kappa shape index (κ3) is 4.00. The average Bonchev–Trinajstić information content (AvgIpc) is 1.91. The summed E-state index contributed by atoms with van der Waals surface area (Å²) < 4.78 is 26.4. The smallest absolute Gasteiger partial charge is 0.250 e. The topological polar surface area (TPSA) is 3.24 Å². The summed E-state index contributed by atoms with van der Waals surface area (Å²) in [6.45, 7) is 1.92. The largest absolute Gasteiger partial charge is 0.318 e. The Kier molecular flexibility index (Phi) is 2.92. The van der Waals surface area contributed by atoms with Gasteiger partial charge in [-0.25, -0.2) is 8.78 Å². The second-order valence-corrected chi connectivity index (χ2v) is 4.91. The van der Waals surface area contributed by atoms with Crippen LogP contribution in [-0.2, 0) is 0 Å². The molecule has 0 radical (unpaired) electrons. The zero-order valence-corrected chi connectivity index (χ0v) is 8.69. The molecule has 0 aliphatic carbocycles. The monoisotopic (exact) mass is 193 g/mol. The van der Waals surface area contributed by atoms with E-state index in [4.69, 9.17) is 0 Å². The minimum Gasteiger partial charge on any atom is -0.318 e. The van der Waals surface area contributed by atoms with E-state index in [1.54, 1.807) is 0 Å². The first-order chi connectivity index (χ1) is 5.79. The number of piperidine rings is 1. The van der Waals surface area contributed by atoms with Gasteiger partial charge in [0.15, 0.2) is 0 Å². The van der Waals surface area contributed by atoms with Gasteiger partial charge in [-0.15, -0.1) is 0 Å². The quantitative estimate of drug-likeness (QED) is 0.599. The van der Waals surface area contributed by atoms with Crippen molar-refractivity contribution in [1.82, 2.24) is 4.90 Å². The fourth-order valence-corrected chi connectivity index (χ4v) is 1.62. The van der Waals surface area contributed by atoms with Gasteiger partial charge in [-0.3, -0.25) is 4.90 Å². The molecule has 1 fully saturated rings. The van der Waals surface area contributed by atoms with Crippen LogP contribution in [0.1, 0.15) is 12.8 Å². The molecule has 0 bridgehead atoms. The molecule has 2 nitrogen and oxygen atoms in total. The highest BCUT2D eigenvalue weighted by Gasteiger charge is 2.35. The standard InChI is InChI=1S/C9H19F2N2/c1-13(2,3)8-12-6-4-9(10,11)5-7-12/h4-8H2,1-3H3/q+1. The lowest BCUT2D eigenvalue weighted by atomic mass is 10.1. The summed E-state index contributed by atoms with van der Waals surface area (Å²) >= 11 is 0. The van der Waals surface area contributed by atoms with Crippen molar-refractivity contribution in [2.24, 2.45) is 0 Å². The van der Waals surface area contributed by atoms with Gasteiger partial charge < -0.3 is 4.48 Å². The number of alkyl halides is 2. The van der Waals surface area contributed by atoms with Crippen molar-refractivity contribution >= 4 is 0 Å². The first kappa shape index (κ1) is 10.9. The second kappa shape index (κ2) is 3.50. The Morgan fingerprint density at radius 1 is 1.15 bits per heavy atom. The molecule has 1 rings (SSSR count). The van der Waals surface area contributed by atoms with Crippen LogP contribution in [0.3, 0.4) is 0 Å². The summed E-state index contributed by atoms with van der Waals surface area (Å²) in [4.78, 5) is 2.11. The summed E-state index contributed by atoms with van der Waals surface area (Å²) in [5, 5.41) is 0. The van der Waals surface area contributed by atoms with Crippen molar-refractivity contribution in [2.45, 2.75) is 18.8 Å². The van der Waals surface area contributed by atoms with Crippen LogP contribution in [0, 0.1) is 0 Å². The van der Waals surface area contributed by atoms with Crippen LogP contribution in [0.15, 0.2) is 0 Å². The SMILES string of the molecule is C[N+](C)(C)CN1CCC(F)(F)CC1. The number of hydrogen-bond donors (Lipinski definition) is 0.